The minimum atomic E-state index is -0.660. The van der Waals surface area contributed by atoms with Gasteiger partial charge in [-0.3, -0.25) is 0 Å². The third kappa shape index (κ3) is 2.09. The molecule has 1 aromatic heterocycles. The fourth-order valence-electron chi connectivity index (χ4n) is 1.39. The quantitative estimate of drug-likeness (QED) is 0.869. The molecule has 1 N–H and O–H groups in total. The number of hydrogen-bond acceptors (Lipinski definition) is 3. The van der Waals surface area contributed by atoms with E-state index in [4.69, 9.17) is 4.52 Å². The van der Waals surface area contributed by atoms with Gasteiger partial charge in [0.05, 0.1) is 11.3 Å². The molecule has 5 heteroatoms. The van der Waals surface area contributed by atoms with Crippen LogP contribution < -0.4 is 5.32 Å². The summed E-state index contributed by atoms with van der Waals surface area (Å²) >= 11 is 0. The Morgan fingerprint density at radius 2 is 2.12 bits per heavy atom. The van der Waals surface area contributed by atoms with Crippen molar-refractivity contribution in [2.24, 2.45) is 0 Å². The number of nitrogens with zero attached hydrogens (tertiary/aromatic N) is 1. The van der Waals surface area contributed by atoms with Crippen LogP contribution in [0.4, 0.5) is 8.78 Å². The van der Waals surface area contributed by atoms with Crippen LogP contribution in [0.1, 0.15) is 5.69 Å². The molecule has 0 saturated carbocycles. The van der Waals surface area contributed by atoms with Crippen LogP contribution in [0.3, 0.4) is 0 Å². The molecule has 0 atom stereocenters. The number of aromatic nitrogens is 1. The van der Waals surface area contributed by atoms with Crippen LogP contribution in [-0.4, -0.2) is 12.2 Å². The Balaban J connectivity index is 2.35. The second-order valence-electron chi connectivity index (χ2n) is 3.34. The van der Waals surface area contributed by atoms with Gasteiger partial charge < -0.3 is 9.84 Å². The van der Waals surface area contributed by atoms with Gasteiger partial charge in [-0.2, -0.15) is 0 Å². The van der Waals surface area contributed by atoms with Crippen LogP contribution >= 0.6 is 0 Å². The molecule has 0 fully saturated rings. The lowest BCUT2D eigenvalue weighted by Crippen LogP contribution is -2.04. The smallest absolute Gasteiger partial charge is 0.170 e. The van der Waals surface area contributed by atoms with Crippen molar-refractivity contribution in [3.05, 3.63) is 41.6 Å². The van der Waals surface area contributed by atoms with Gasteiger partial charge in [0, 0.05) is 18.7 Å². The highest BCUT2D eigenvalue weighted by atomic mass is 19.1. The second kappa shape index (κ2) is 4.40. The summed E-state index contributed by atoms with van der Waals surface area (Å²) in [6.45, 7) is 0.534. The van der Waals surface area contributed by atoms with Gasteiger partial charge in [0.1, 0.15) is 11.6 Å². The summed E-state index contributed by atoms with van der Waals surface area (Å²) in [6, 6.07) is 4.94. The van der Waals surface area contributed by atoms with Crippen molar-refractivity contribution in [1.82, 2.24) is 10.5 Å². The number of hydrogen-bond donors (Lipinski definition) is 1. The molecule has 1 aromatic carbocycles. The normalized spacial score (nSPS) is 10.7. The first-order chi connectivity index (χ1) is 7.70. The Hall–Kier alpha value is -1.75. The summed E-state index contributed by atoms with van der Waals surface area (Å²) in [5.41, 5.74) is 0.873. The number of halogens is 2. The Morgan fingerprint density at radius 1 is 1.31 bits per heavy atom. The lowest BCUT2D eigenvalue weighted by atomic mass is 10.1. The van der Waals surface area contributed by atoms with Gasteiger partial charge in [0.15, 0.2) is 5.76 Å². The number of nitrogens with one attached hydrogen (secondary N) is 1. The minimum absolute atomic E-state index is 0.205. The van der Waals surface area contributed by atoms with Gasteiger partial charge in [-0.05, 0) is 19.2 Å². The van der Waals surface area contributed by atoms with Crippen molar-refractivity contribution in [3.8, 4) is 11.3 Å². The number of rotatable bonds is 3. The zero-order valence-electron chi connectivity index (χ0n) is 8.63. The third-order valence-electron chi connectivity index (χ3n) is 2.11. The Labute approximate surface area is 91.1 Å². The van der Waals surface area contributed by atoms with Crippen LogP contribution in [0.15, 0.2) is 28.8 Å². The molecule has 16 heavy (non-hydrogen) atoms. The van der Waals surface area contributed by atoms with Crippen LogP contribution in [0.2, 0.25) is 0 Å². The van der Waals surface area contributed by atoms with Crippen molar-refractivity contribution in [2.45, 2.75) is 6.54 Å². The highest BCUT2D eigenvalue weighted by molar-refractivity contribution is 5.58. The molecule has 84 valence electrons. The average molecular weight is 224 g/mol. The molecule has 0 bridgehead atoms. The molecule has 3 nitrogen and oxygen atoms in total. The van der Waals surface area contributed by atoms with Crippen LogP contribution in [0, 0.1) is 11.6 Å². The number of benzene rings is 1. The van der Waals surface area contributed by atoms with Crippen LogP contribution in [0.5, 0.6) is 0 Å². The SMILES string of the molecule is CNCc1cc(-c2ccc(F)cc2F)on1. The molecule has 0 unspecified atom stereocenters. The zero-order valence-corrected chi connectivity index (χ0v) is 8.63. The molecule has 2 aromatic rings. The predicted molar refractivity (Wildman–Crippen MR) is 54.6 cm³/mol. The summed E-state index contributed by atoms with van der Waals surface area (Å²) < 4.78 is 31.1. The maximum absolute atomic E-state index is 13.4. The predicted octanol–water partition coefficient (Wildman–Crippen LogP) is 2.34. The molecule has 1 heterocycles. The third-order valence-corrected chi connectivity index (χ3v) is 2.11. The molecule has 0 aliphatic heterocycles. The average Bonchev–Trinajstić information content (AvgIpc) is 2.67. The first-order valence-electron chi connectivity index (χ1n) is 4.76. The van der Waals surface area contributed by atoms with E-state index >= 15 is 0 Å². The van der Waals surface area contributed by atoms with E-state index in [-0.39, 0.29) is 5.56 Å². The van der Waals surface area contributed by atoms with E-state index < -0.39 is 11.6 Å². The fraction of sp³-hybridized carbons (Fsp3) is 0.182. The Kier molecular flexibility index (Phi) is 2.96. The summed E-state index contributed by atoms with van der Waals surface area (Å²) in [5, 5.41) is 6.64. The first-order valence-corrected chi connectivity index (χ1v) is 4.76. The van der Waals surface area contributed by atoms with Crippen molar-refractivity contribution in [2.75, 3.05) is 7.05 Å². The van der Waals surface area contributed by atoms with Crippen molar-refractivity contribution in [3.63, 3.8) is 0 Å². The van der Waals surface area contributed by atoms with Crippen molar-refractivity contribution < 1.29 is 13.3 Å². The summed E-state index contributed by atoms with van der Waals surface area (Å²) in [5.74, 6) is -0.980. The molecular weight excluding hydrogens is 214 g/mol. The monoisotopic (exact) mass is 224 g/mol. The van der Waals surface area contributed by atoms with Gasteiger partial charge in [-0.25, -0.2) is 8.78 Å². The van der Waals surface area contributed by atoms with E-state index in [0.717, 1.165) is 6.07 Å². The molecule has 0 aliphatic carbocycles. The Bertz CT molecular complexity index is 496. The first kappa shape index (κ1) is 10.8. The van der Waals surface area contributed by atoms with Gasteiger partial charge in [0.2, 0.25) is 0 Å². The lowest BCUT2D eigenvalue weighted by Gasteiger charge is -1.97. The summed E-state index contributed by atoms with van der Waals surface area (Å²) in [6.07, 6.45) is 0. The highest BCUT2D eigenvalue weighted by Crippen LogP contribution is 2.24. The zero-order chi connectivity index (χ0) is 11.5. The van der Waals surface area contributed by atoms with Gasteiger partial charge in [-0.15, -0.1) is 0 Å². The molecule has 0 saturated heterocycles. The van der Waals surface area contributed by atoms with E-state index in [2.05, 4.69) is 10.5 Å². The maximum atomic E-state index is 13.4. The van der Waals surface area contributed by atoms with E-state index in [9.17, 15) is 8.78 Å². The molecule has 0 radical (unpaired) electrons. The minimum Gasteiger partial charge on any atom is -0.356 e. The van der Waals surface area contributed by atoms with Gasteiger partial charge >= 0.3 is 0 Å². The van der Waals surface area contributed by atoms with Crippen LogP contribution in [-0.2, 0) is 6.54 Å². The standard InChI is InChI=1S/C11H10F2N2O/c1-14-6-8-5-11(16-15-8)9-3-2-7(12)4-10(9)13/h2-5,14H,6H2,1H3. The lowest BCUT2D eigenvalue weighted by molar-refractivity contribution is 0.419. The largest absolute Gasteiger partial charge is 0.356 e. The molecular formula is C11H10F2N2O. The maximum Gasteiger partial charge on any atom is 0.170 e. The molecule has 2 rings (SSSR count). The summed E-state index contributed by atoms with van der Waals surface area (Å²) in [7, 11) is 1.77. The van der Waals surface area contributed by atoms with Crippen molar-refractivity contribution >= 4 is 0 Å². The molecule has 0 spiro atoms. The molecule has 0 amide bonds. The van der Waals surface area contributed by atoms with Crippen LogP contribution in [0.25, 0.3) is 11.3 Å². The van der Waals surface area contributed by atoms with Crippen molar-refractivity contribution in [1.29, 1.82) is 0 Å². The Morgan fingerprint density at radius 3 is 2.81 bits per heavy atom. The summed E-state index contributed by atoms with van der Waals surface area (Å²) in [4.78, 5) is 0. The van der Waals surface area contributed by atoms with E-state index in [0.29, 0.717) is 18.0 Å². The highest BCUT2D eigenvalue weighted by Gasteiger charge is 2.11. The van der Waals surface area contributed by atoms with Gasteiger partial charge in [0.25, 0.3) is 0 Å². The van der Waals surface area contributed by atoms with E-state index in [1.165, 1.54) is 12.1 Å². The van der Waals surface area contributed by atoms with E-state index in [1.54, 1.807) is 13.1 Å². The fourth-order valence-corrected chi connectivity index (χ4v) is 1.39. The topological polar surface area (TPSA) is 38.1 Å². The molecule has 0 aliphatic rings. The van der Waals surface area contributed by atoms with E-state index in [1.807, 2.05) is 0 Å². The second-order valence-corrected chi connectivity index (χ2v) is 3.34. The van der Waals surface area contributed by atoms with Gasteiger partial charge in [-0.1, -0.05) is 5.16 Å².